The first-order chi connectivity index (χ1) is 4.79. The zero-order valence-electron chi connectivity index (χ0n) is 5.32. The molecule has 10 heavy (non-hydrogen) atoms. The highest BCUT2D eigenvalue weighted by Crippen LogP contribution is 2.04. The molecule has 0 aliphatic carbocycles. The molecule has 0 aromatic carbocycles. The number of aliphatic imine (C=N–C) groups is 1. The molecule has 0 bridgehead atoms. The van der Waals surface area contributed by atoms with E-state index in [1.54, 1.807) is 24.4 Å². The fourth-order valence-electron chi connectivity index (χ4n) is 0.626. The molecule has 0 aromatic heterocycles. The van der Waals surface area contributed by atoms with E-state index in [1.807, 2.05) is 0 Å². The number of carbonyl (C=O) groups is 1. The van der Waals surface area contributed by atoms with Gasteiger partial charge in [-0.1, -0.05) is 0 Å². The van der Waals surface area contributed by atoms with Crippen LogP contribution in [0.25, 0.3) is 0 Å². The highest BCUT2D eigenvalue weighted by atomic mass is 16.4. The van der Waals surface area contributed by atoms with Crippen LogP contribution in [0.5, 0.6) is 0 Å². The van der Waals surface area contributed by atoms with E-state index in [2.05, 4.69) is 4.99 Å². The van der Waals surface area contributed by atoms with E-state index in [-0.39, 0.29) is 6.42 Å². The van der Waals surface area contributed by atoms with Crippen molar-refractivity contribution >= 4 is 12.2 Å². The largest absolute Gasteiger partial charge is 0.481 e. The Morgan fingerprint density at radius 1 is 1.80 bits per heavy atom. The fraction of sp³-hybridized carbons (Fsp3) is 0.143. The number of hydrogen-bond donors (Lipinski definition) is 1. The summed E-state index contributed by atoms with van der Waals surface area (Å²) < 4.78 is 0. The van der Waals surface area contributed by atoms with Crippen molar-refractivity contribution in [2.24, 2.45) is 4.99 Å². The minimum Gasteiger partial charge on any atom is -0.481 e. The van der Waals surface area contributed by atoms with Gasteiger partial charge < -0.3 is 5.11 Å². The Kier molecular flexibility index (Phi) is 1.99. The van der Waals surface area contributed by atoms with Crippen LogP contribution in [0, 0.1) is 0 Å². The highest BCUT2D eigenvalue weighted by Gasteiger charge is 1.95. The average Bonchev–Trinajstić information content (AvgIpc) is 2.34. The standard InChI is InChI=1S/C7H7NO2/c9-7(10)4-3-6-2-1-5-8-6/h1-3,5H,4H2,(H,9,10)/b6-3+. The van der Waals surface area contributed by atoms with E-state index in [0.717, 1.165) is 5.70 Å². The van der Waals surface area contributed by atoms with Gasteiger partial charge in [-0.3, -0.25) is 9.79 Å². The van der Waals surface area contributed by atoms with Gasteiger partial charge in [-0.25, -0.2) is 0 Å². The summed E-state index contributed by atoms with van der Waals surface area (Å²) in [5, 5.41) is 8.25. The van der Waals surface area contributed by atoms with Gasteiger partial charge in [0.2, 0.25) is 0 Å². The van der Waals surface area contributed by atoms with Crippen LogP contribution in [-0.2, 0) is 4.79 Å². The van der Waals surface area contributed by atoms with Crippen LogP contribution in [0.1, 0.15) is 6.42 Å². The Labute approximate surface area is 58.4 Å². The summed E-state index contributed by atoms with van der Waals surface area (Å²) in [6.45, 7) is 0. The van der Waals surface area contributed by atoms with Crippen molar-refractivity contribution < 1.29 is 9.90 Å². The summed E-state index contributed by atoms with van der Waals surface area (Å²) in [6.07, 6.45) is 6.78. The van der Waals surface area contributed by atoms with E-state index >= 15 is 0 Å². The molecule has 1 N–H and O–H groups in total. The zero-order chi connectivity index (χ0) is 7.40. The van der Waals surface area contributed by atoms with Crippen molar-refractivity contribution in [3.8, 4) is 0 Å². The van der Waals surface area contributed by atoms with Crippen molar-refractivity contribution in [2.45, 2.75) is 6.42 Å². The first kappa shape index (κ1) is 6.74. The number of carboxylic acids is 1. The van der Waals surface area contributed by atoms with Gasteiger partial charge in [0, 0.05) is 6.21 Å². The molecule has 1 rings (SSSR count). The smallest absolute Gasteiger partial charge is 0.307 e. The number of rotatable bonds is 2. The second-order valence-electron chi connectivity index (χ2n) is 1.86. The van der Waals surface area contributed by atoms with Crippen LogP contribution >= 0.6 is 0 Å². The van der Waals surface area contributed by atoms with Gasteiger partial charge >= 0.3 is 5.97 Å². The Bertz CT molecular complexity index is 212. The van der Waals surface area contributed by atoms with Gasteiger partial charge in [0.05, 0.1) is 12.1 Å². The lowest BCUT2D eigenvalue weighted by molar-refractivity contribution is -0.136. The van der Waals surface area contributed by atoms with Crippen LogP contribution in [0.2, 0.25) is 0 Å². The third-order valence-electron chi connectivity index (χ3n) is 1.06. The quantitative estimate of drug-likeness (QED) is 0.616. The van der Waals surface area contributed by atoms with Crippen LogP contribution < -0.4 is 0 Å². The maximum atomic E-state index is 10.0. The van der Waals surface area contributed by atoms with E-state index in [0.29, 0.717) is 0 Å². The van der Waals surface area contributed by atoms with Crippen LogP contribution in [-0.4, -0.2) is 17.3 Å². The first-order valence-electron chi connectivity index (χ1n) is 2.92. The molecule has 0 aromatic rings. The lowest BCUT2D eigenvalue weighted by atomic mass is 10.3. The van der Waals surface area contributed by atoms with Gasteiger partial charge in [-0.15, -0.1) is 0 Å². The lowest BCUT2D eigenvalue weighted by Gasteiger charge is -1.85. The molecule has 1 aliphatic rings. The van der Waals surface area contributed by atoms with E-state index in [9.17, 15) is 4.79 Å². The monoisotopic (exact) mass is 137 g/mol. The van der Waals surface area contributed by atoms with Crippen molar-refractivity contribution in [3.63, 3.8) is 0 Å². The molecule has 52 valence electrons. The lowest BCUT2D eigenvalue weighted by Crippen LogP contribution is -1.90. The molecular formula is C7H7NO2. The molecule has 1 aliphatic heterocycles. The van der Waals surface area contributed by atoms with Crippen molar-refractivity contribution in [2.75, 3.05) is 0 Å². The molecule has 0 atom stereocenters. The number of hydrogen-bond acceptors (Lipinski definition) is 2. The van der Waals surface area contributed by atoms with Gasteiger partial charge in [-0.2, -0.15) is 0 Å². The second kappa shape index (κ2) is 2.96. The summed E-state index contributed by atoms with van der Waals surface area (Å²) in [5.74, 6) is -0.831. The number of nitrogens with zero attached hydrogens (tertiary/aromatic N) is 1. The molecule has 0 saturated carbocycles. The maximum Gasteiger partial charge on any atom is 0.307 e. The van der Waals surface area contributed by atoms with E-state index in [4.69, 9.17) is 5.11 Å². The Balaban J connectivity index is 2.48. The topological polar surface area (TPSA) is 49.7 Å². The summed E-state index contributed by atoms with van der Waals surface area (Å²) in [7, 11) is 0. The number of allylic oxidation sites excluding steroid dienone is 2. The van der Waals surface area contributed by atoms with Gasteiger partial charge in [0.1, 0.15) is 0 Å². The summed E-state index contributed by atoms with van der Waals surface area (Å²) in [6, 6.07) is 0. The fourth-order valence-corrected chi connectivity index (χ4v) is 0.626. The van der Waals surface area contributed by atoms with E-state index < -0.39 is 5.97 Å². The maximum absolute atomic E-state index is 10.0. The zero-order valence-corrected chi connectivity index (χ0v) is 5.32. The van der Waals surface area contributed by atoms with Crippen molar-refractivity contribution in [1.29, 1.82) is 0 Å². The molecular weight excluding hydrogens is 130 g/mol. The minimum absolute atomic E-state index is 0.0387. The summed E-state index contributed by atoms with van der Waals surface area (Å²) in [5.41, 5.74) is 0.724. The Morgan fingerprint density at radius 2 is 2.60 bits per heavy atom. The Hall–Kier alpha value is -1.38. The van der Waals surface area contributed by atoms with Gasteiger partial charge in [0.25, 0.3) is 0 Å². The molecule has 3 nitrogen and oxygen atoms in total. The number of carboxylic acid groups (broad SMARTS) is 1. The second-order valence-corrected chi connectivity index (χ2v) is 1.86. The molecule has 1 heterocycles. The highest BCUT2D eigenvalue weighted by molar-refractivity contribution is 5.77. The SMILES string of the molecule is O=C(O)C/C=C1\C=CC=N1. The van der Waals surface area contributed by atoms with Gasteiger partial charge in [0.15, 0.2) is 0 Å². The predicted molar refractivity (Wildman–Crippen MR) is 38.0 cm³/mol. The van der Waals surface area contributed by atoms with Crippen molar-refractivity contribution in [1.82, 2.24) is 0 Å². The third kappa shape index (κ3) is 1.85. The first-order valence-corrected chi connectivity index (χ1v) is 2.92. The number of aliphatic carboxylic acids is 1. The molecule has 0 radical (unpaired) electrons. The molecule has 0 unspecified atom stereocenters. The molecule has 0 saturated heterocycles. The van der Waals surface area contributed by atoms with Crippen LogP contribution in [0.3, 0.4) is 0 Å². The predicted octanol–water partition coefficient (Wildman–Crippen LogP) is 0.986. The minimum atomic E-state index is -0.831. The molecule has 3 heteroatoms. The van der Waals surface area contributed by atoms with Crippen LogP contribution in [0.15, 0.2) is 28.9 Å². The van der Waals surface area contributed by atoms with Gasteiger partial charge in [-0.05, 0) is 18.2 Å². The van der Waals surface area contributed by atoms with E-state index in [1.165, 1.54) is 0 Å². The van der Waals surface area contributed by atoms with Crippen LogP contribution in [0.4, 0.5) is 0 Å². The third-order valence-corrected chi connectivity index (χ3v) is 1.06. The normalized spacial score (nSPS) is 18.6. The molecule has 0 fully saturated rings. The Morgan fingerprint density at radius 3 is 3.10 bits per heavy atom. The molecule has 0 spiro atoms. The molecule has 0 amide bonds. The summed E-state index contributed by atoms with van der Waals surface area (Å²) >= 11 is 0. The van der Waals surface area contributed by atoms with Crippen molar-refractivity contribution in [3.05, 3.63) is 23.9 Å². The summed E-state index contributed by atoms with van der Waals surface area (Å²) in [4.78, 5) is 13.9. The average molecular weight is 137 g/mol.